The number of hydrogen-bond acceptors (Lipinski definition) is 11. The molecule has 0 saturated heterocycles. The molecule has 5 heterocycles. The van der Waals surface area contributed by atoms with E-state index in [1.807, 2.05) is 94.1 Å². The number of unbranched alkanes of at least 4 members (excludes halogenated alkanes) is 2. The second-order valence-corrected chi connectivity index (χ2v) is 20.9. The molecule has 11 heteroatoms. The van der Waals surface area contributed by atoms with Crippen LogP contribution in [-0.4, -0.2) is 59.8 Å². The fourth-order valence-corrected chi connectivity index (χ4v) is 17.0. The Labute approximate surface area is 293 Å². The average molecular weight is 730 g/mol. The van der Waals surface area contributed by atoms with E-state index in [1.165, 1.54) is 61.9 Å². The minimum Gasteiger partial charge on any atom is -0.492 e. The van der Waals surface area contributed by atoms with Crippen molar-refractivity contribution in [2.75, 3.05) is 49.3 Å². The molecule has 0 unspecified atom stereocenters. The molecule has 0 radical (unpaired) electrons. The van der Waals surface area contributed by atoms with E-state index in [4.69, 9.17) is 9.47 Å². The minimum absolute atomic E-state index is 0.255. The van der Waals surface area contributed by atoms with Gasteiger partial charge < -0.3 is 14.4 Å². The average Bonchev–Trinajstić information content (AvgIpc) is 3.64. The molecule has 3 nitrogen and oxygen atoms in total. The van der Waals surface area contributed by atoms with E-state index in [9.17, 15) is 0 Å². The van der Waals surface area contributed by atoms with E-state index in [0.29, 0.717) is 0 Å². The largest absolute Gasteiger partial charge is 0.492 e. The Morgan fingerprint density at radius 1 is 0.767 bits per heavy atom. The van der Waals surface area contributed by atoms with Gasteiger partial charge in [0.05, 0.1) is 25.4 Å². The maximum atomic E-state index is 6.19. The van der Waals surface area contributed by atoms with Crippen LogP contribution < -0.4 is 9.47 Å². The van der Waals surface area contributed by atoms with Crippen molar-refractivity contribution in [1.82, 2.24) is 4.90 Å². The van der Waals surface area contributed by atoms with Crippen LogP contribution in [0, 0.1) is 0 Å². The summed E-state index contributed by atoms with van der Waals surface area (Å²) in [5, 5.41) is 0. The summed E-state index contributed by atoms with van der Waals surface area (Å²) < 4.78 is 21.6. The number of nitrogens with zero attached hydrogens (tertiary/aromatic N) is 1. The smallest absolute Gasteiger partial charge is 0.131 e. The van der Waals surface area contributed by atoms with Crippen molar-refractivity contribution in [1.29, 1.82) is 0 Å². The quantitative estimate of drug-likeness (QED) is 0.215. The first-order valence-electron chi connectivity index (χ1n) is 15.2. The number of likely N-dealkylation sites (N-methyl/N-ethyl adjacent to an activating group) is 1. The van der Waals surface area contributed by atoms with E-state index >= 15 is 0 Å². The maximum Gasteiger partial charge on any atom is 0.131 e. The summed E-state index contributed by atoms with van der Waals surface area (Å²) >= 11 is 16.2. The lowest BCUT2D eigenvalue weighted by Gasteiger charge is -2.29. The molecule has 1 aromatic rings. The molecule has 0 amide bonds. The van der Waals surface area contributed by atoms with E-state index in [0.717, 1.165) is 44.2 Å². The Morgan fingerprint density at radius 2 is 1.33 bits per heavy atom. The second-order valence-electron chi connectivity index (χ2n) is 10.9. The Morgan fingerprint density at radius 3 is 1.84 bits per heavy atom. The number of ether oxygens (including phenoxy) is 2. The van der Waals surface area contributed by atoms with E-state index in [2.05, 4.69) is 63.8 Å². The SMILES string of the molecule is C1CSC2=C(S1)SC(=C1SC3=C(SCCS3)S1)S2.CCCCCc1cc2c(cc1OCCN(CC)CC)OC(C)(C)C=C2. The Kier molecular flexibility index (Phi) is 13.9. The minimum atomic E-state index is -0.255. The van der Waals surface area contributed by atoms with Gasteiger partial charge in [-0.1, -0.05) is 86.7 Å². The highest BCUT2D eigenvalue weighted by molar-refractivity contribution is 8.45. The molecular formula is C32H43NO2S8. The summed E-state index contributed by atoms with van der Waals surface area (Å²) in [4.78, 5) is 2.39. The van der Waals surface area contributed by atoms with E-state index < -0.39 is 0 Å². The van der Waals surface area contributed by atoms with E-state index in [-0.39, 0.29) is 5.60 Å². The molecule has 0 fully saturated rings. The van der Waals surface area contributed by atoms with Crippen molar-refractivity contribution in [3.05, 3.63) is 54.8 Å². The lowest BCUT2D eigenvalue weighted by Crippen LogP contribution is -2.28. The van der Waals surface area contributed by atoms with Crippen LogP contribution in [0.1, 0.15) is 65.0 Å². The molecule has 0 N–H and O–H groups in total. The van der Waals surface area contributed by atoms with Crippen molar-refractivity contribution < 1.29 is 9.47 Å². The van der Waals surface area contributed by atoms with Gasteiger partial charge in [0, 0.05) is 41.2 Å². The van der Waals surface area contributed by atoms with Crippen LogP contribution in [-0.2, 0) is 6.42 Å². The van der Waals surface area contributed by atoms with Crippen molar-refractivity contribution in [2.24, 2.45) is 0 Å². The van der Waals surface area contributed by atoms with Crippen LogP contribution in [0.5, 0.6) is 11.5 Å². The lowest BCUT2D eigenvalue weighted by atomic mass is 9.98. The van der Waals surface area contributed by atoms with Crippen molar-refractivity contribution in [3.8, 4) is 11.5 Å². The van der Waals surface area contributed by atoms with Crippen LogP contribution in [0.3, 0.4) is 0 Å². The van der Waals surface area contributed by atoms with Gasteiger partial charge in [-0.05, 0) is 57.5 Å². The first-order chi connectivity index (χ1) is 20.9. The van der Waals surface area contributed by atoms with Gasteiger partial charge in [0.15, 0.2) is 0 Å². The number of thioether (sulfide) groups is 8. The van der Waals surface area contributed by atoms with Crippen molar-refractivity contribution in [3.63, 3.8) is 0 Å². The molecule has 0 aliphatic carbocycles. The molecule has 5 aliphatic heterocycles. The molecule has 43 heavy (non-hydrogen) atoms. The molecule has 0 spiro atoms. The molecule has 0 atom stereocenters. The lowest BCUT2D eigenvalue weighted by molar-refractivity contribution is 0.157. The number of fused-ring (bicyclic) bond motifs is 1. The van der Waals surface area contributed by atoms with Crippen LogP contribution >= 0.6 is 94.1 Å². The molecule has 1 aromatic carbocycles. The van der Waals surface area contributed by atoms with Gasteiger partial charge in [0.2, 0.25) is 0 Å². The maximum absolute atomic E-state index is 6.19. The Hall–Kier alpha value is 0.540. The summed E-state index contributed by atoms with van der Waals surface area (Å²) in [6.07, 6.45) is 9.08. The highest BCUT2D eigenvalue weighted by Crippen LogP contribution is 2.67. The zero-order valence-electron chi connectivity index (χ0n) is 25.8. The van der Waals surface area contributed by atoms with Gasteiger partial charge in [0.25, 0.3) is 0 Å². The first-order valence-corrected chi connectivity index (χ1v) is 22.5. The monoisotopic (exact) mass is 729 g/mol. The fourth-order valence-electron chi connectivity index (χ4n) is 4.77. The highest BCUT2D eigenvalue weighted by Gasteiger charge is 2.32. The molecule has 6 rings (SSSR count). The van der Waals surface area contributed by atoms with Crippen LogP contribution in [0.25, 0.3) is 6.08 Å². The summed E-state index contributed by atoms with van der Waals surface area (Å²) in [5.41, 5.74) is 2.22. The number of hydrogen-bond donors (Lipinski definition) is 0. The molecule has 0 bridgehead atoms. The predicted octanol–water partition coefficient (Wildman–Crippen LogP) is 11.6. The van der Waals surface area contributed by atoms with E-state index in [1.54, 1.807) is 16.9 Å². The molecule has 5 aliphatic rings. The first kappa shape index (κ1) is 34.9. The third kappa shape index (κ3) is 9.78. The van der Waals surface area contributed by atoms with Crippen LogP contribution in [0.2, 0.25) is 0 Å². The molecule has 236 valence electrons. The van der Waals surface area contributed by atoms with Crippen LogP contribution in [0.4, 0.5) is 0 Å². The highest BCUT2D eigenvalue weighted by atomic mass is 32.3. The van der Waals surface area contributed by atoms with Gasteiger partial charge in [-0.25, -0.2) is 0 Å². The van der Waals surface area contributed by atoms with Gasteiger partial charge >= 0.3 is 0 Å². The molecular weight excluding hydrogens is 687 g/mol. The topological polar surface area (TPSA) is 21.7 Å². The van der Waals surface area contributed by atoms with Gasteiger partial charge in [-0.3, -0.25) is 0 Å². The summed E-state index contributed by atoms with van der Waals surface area (Å²) in [5.74, 6) is 7.04. The second kappa shape index (κ2) is 17.1. The zero-order valence-corrected chi connectivity index (χ0v) is 32.4. The Balaban J connectivity index is 0.000000179. The standard InChI is InChI=1S/C22H35NO2.C10H8S8/c1-6-9-10-11-18-16-19-12-13-22(4,5)25-21(19)17-20(18)24-15-14-23(7-2)8-3;1-2-12-6-5(11-1)15-9(16-6)10-17-7-8(18-10)14-4-3-13-7/h12-13,16-17H,6-11,14-15H2,1-5H3;1-4H2. The Bertz CT molecular complexity index is 1180. The number of aryl methyl sites for hydroxylation is 1. The zero-order chi connectivity index (χ0) is 30.2. The third-order valence-electron chi connectivity index (χ3n) is 7.18. The van der Waals surface area contributed by atoms with Crippen molar-refractivity contribution in [2.45, 2.75) is 65.9 Å². The number of rotatable bonds is 10. The van der Waals surface area contributed by atoms with Gasteiger partial charge in [-0.2, -0.15) is 0 Å². The molecule has 0 saturated carbocycles. The third-order valence-corrected chi connectivity index (χ3v) is 19.3. The molecule has 0 aromatic heterocycles. The number of benzene rings is 1. The van der Waals surface area contributed by atoms with Crippen LogP contribution in [0.15, 0.2) is 43.6 Å². The fraction of sp³-hybridized carbons (Fsp3) is 0.562. The predicted molar refractivity (Wildman–Crippen MR) is 208 cm³/mol. The van der Waals surface area contributed by atoms with Crippen molar-refractivity contribution >= 4 is 100 Å². The van der Waals surface area contributed by atoms with Gasteiger partial charge in [0.1, 0.15) is 23.7 Å². The summed E-state index contributed by atoms with van der Waals surface area (Å²) in [6, 6.07) is 4.35. The normalized spacial score (nSPS) is 20.5. The van der Waals surface area contributed by atoms with Gasteiger partial charge in [-0.15, -0.1) is 47.0 Å². The summed E-state index contributed by atoms with van der Waals surface area (Å²) in [6.45, 7) is 14.6. The summed E-state index contributed by atoms with van der Waals surface area (Å²) in [7, 11) is 0.